The van der Waals surface area contributed by atoms with Crippen LogP contribution in [-0.4, -0.2) is 45.3 Å². The molecule has 5 nitrogen and oxygen atoms in total. The van der Waals surface area contributed by atoms with Crippen molar-refractivity contribution in [2.45, 2.75) is 52.1 Å². The number of nitrogens with zero attached hydrogens (tertiary/aromatic N) is 4. The lowest BCUT2D eigenvalue weighted by Crippen LogP contribution is -2.42. The number of aromatic nitrogens is 3. The first-order chi connectivity index (χ1) is 12.2. The van der Waals surface area contributed by atoms with Gasteiger partial charge in [-0.1, -0.05) is 6.07 Å². The maximum atomic E-state index is 4.73. The van der Waals surface area contributed by atoms with Crippen molar-refractivity contribution in [2.75, 3.05) is 19.6 Å². The van der Waals surface area contributed by atoms with Gasteiger partial charge in [-0.2, -0.15) is 5.10 Å². The van der Waals surface area contributed by atoms with Gasteiger partial charge in [0, 0.05) is 30.0 Å². The van der Waals surface area contributed by atoms with Crippen molar-refractivity contribution in [1.82, 2.24) is 25.0 Å². The van der Waals surface area contributed by atoms with E-state index in [9.17, 15) is 0 Å². The van der Waals surface area contributed by atoms with Crippen LogP contribution in [0.15, 0.2) is 24.4 Å². The van der Waals surface area contributed by atoms with Crippen molar-refractivity contribution in [2.24, 2.45) is 5.92 Å². The van der Waals surface area contributed by atoms with Crippen molar-refractivity contribution in [3.63, 3.8) is 0 Å². The predicted octanol–water partition coefficient (Wildman–Crippen LogP) is 2.85. The lowest BCUT2D eigenvalue weighted by Gasteiger charge is -2.32. The molecule has 0 spiro atoms. The summed E-state index contributed by atoms with van der Waals surface area (Å²) in [7, 11) is 0. The zero-order valence-corrected chi connectivity index (χ0v) is 15.4. The summed E-state index contributed by atoms with van der Waals surface area (Å²) in [5, 5.41) is 8.50. The Kier molecular flexibility index (Phi) is 4.86. The Hall–Kier alpha value is -1.72. The third-order valence-electron chi connectivity index (χ3n) is 5.67. The minimum Gasteiger partial charge on any atom is -0.314 e. The summed E-state index contributed by atoms with van der Waals surface area (Å²) in [6, 6.07) is 6.69. The molecule has 5 heteroatoms. The van der Waals surface area contributed by atoms with Crippen LogP contribution in [0.25, 0.3) is 5.82 Å². The minimum absolute atomic E-state index is 0.718. The summed E-state index contributed by atoms with van der Waals surface area (Å²) in [5.41, 5.74) is 3.69. The van der Waals surface area contributed by atoms with Gasteiger partial charge in [0.15, 0.2) is 5.82 Å². The topological polar surface area (TPSA) is 46.0 Å². The van der Waals surface area contributed by atoms with Gasteiger partial charge >= 0.3 is 0 Å². The zero-order valence-electron chi connectivity index (χ0n) is 15.4. The second-order valence-electron chi connectivity index (χ2n) is 7.65. The average Bonchev–Trinajstić information content (AvgIpc) is 3.43. The zero-order chi connectivity index (χ0) is 17.2. The fourth-order valence-electron chi connectivity index (χ4n) is 3.78. The molecule has 1 saturated carbocycles. The molecule has 0 radical (unpaired) electrons. The molecule has 0 unspecified atom stereocenters. The predicted molar refractivity (Wildman–Crippen MR) is 99.9 cm³/mol. The monoisotopic (exact) mass is 339 g/mol. The van der Waals surface area contributed by atoms with Gasteiger partial charge in [-0.3, -0.25) is 4.90 Å². The first-order valence-corrected chi connectivity index (χ1v) is 9.63. The smallest absolute Gasteiger partial charge is 0.153 e. The van der Waals surface area contributed by atoms with E-state index in [0.29, 0.717) is 0 Å². The van der Waals surface area contributed by atoms with Crippen LogP contribution in [0, 0.1) is 19.8 Å². The van der Waals surface area contributed by atoms with Gasteiger partial charge < -0.3 is 5.32 Å². The third-order valence-corrected chi connectivity index (χ3v) is 5.67. The van der Waals surface area contributed by atoms with Gasteiger partial charge in [-0.25, -0.2) is 9.67 Å². The highest BCUT2D eigenvalue weighted by atomic mass is 15.3. The summed E-state index contributed by atoms with van der Waals surface area (Å²) in [6.07, 6.45) is 7.22. The Morgan fingerprint density at radius 1 is 1.12 bits per heavy atom. The van der Waals surface area contributed by atoms with E-state index in [2.05, 4.69) is 29.0 Å². The molecule has 25 heavy (non-hydrogen) atoms. The fourth-order valence-corrected chi connectivity index (χ4v) is 3.78. The molecule has 2 aliphatic rings. The number of likely N-dealkylation sites (tertiary alicyclic amines) is 1. The van der Waals surface area contributed by atoms with E-state index in [0.717, 1.165) is 30.0 Å². The quantitative estimate of drug-likeness (QED) is 0.879. The van der Waals surface area contributed by atoms with Crippen molar-refractivity contribution in [1.29, 1.82) is 0 Å². The van der Waals surface area contributed by atoms with E-state index in [1.807, 2.05) is 29.1 Å². The van der Waals surface area contributed by atoms with E-state index in [1.165, 1.54) is 56.6 Å². The molecule has 2 aromatic heterocycles. The molecule has 3 heterocycles. The van der Waals surface area contributed by atoms with Gasteiger partial charge in [0.1, 0.15) is 0 Å². The first kappa shape index (κ1) is 16.7. The second-order valence-corrected chi connectivity index (χ2v) is 7.65. The van der Waals surface area contributed by atoms with Crippen LogP contribution in [-0.2, 0) is 6.54 Å². The largest absolute Gasteiger partial charge is 0.314 e. The van der Waals surface area contributed by atoms with Crippen LogP contribution in [0.4, 0.5) is 0 Å². The Morgan fingerprint density at radius 2 is 1.92 bits per heavy atom. The molecule has 0 aromatic carbocycles. The maximum absolute atomic E-state index is 4.73. The summed E-state index contributed by atoms with van der Waals surface area (Å²) in [5.74, 6) is 1.87. The molecule has 0 atom stereocenters. The summed E-state index contributed by atoms with van der Waals surface area (Å²) in [6.45, 7) is 8.87. The standard InChI is InChI=1S/C20H29N5/c1-15-19(16(2)25(23-15)20-5-3-4-10-21-20)14-24-11-8-18(9-12-24)22-13-17-6-7-17/h3-5,10,17-18,22H,6-9,11-14H2,1-2H3. The van der Waals surface area contributed by atoms with Crippen molar-refractivity contribution in [3.05, 3.63) is 41.3 Å². The third kappa shape index (κ3) is 3.93. The van der Waals surface area contributed by atoms with E-state index in [-0.39, 0.29) is 0 Å². The molecular formula is C20H29N5. The van der Waals surface area contributed by atoms with E-state index >= 15 is 0 Å². The molecule has 0 amide bonds. The molecule has 0 bridgehead atoms. The molecule has 1 N–H and O–H groups in total. The summed E-state index contributed by atoms with van der Waals surface area (Å²) in [4.78, 5) is 7.02. The number of nitrogens with one attached hydrogen (secondary N) is 1. The van der Waals surface area contributed by atoms with E-state index in [4.69, 9.17) is 5.10 Å². The van der Waals surface area contributed by atoms with Crippen LogP contribution < -0.4 is 5.32 Å². The SMILES string of the molecule is Cc1nn(-c2ccccn2)c(C)c1CN1CCC(NCC2CC2)CC1. The number of pyridine rings is 1. The normalized spacial score (nSPS) is 19.4. The molecule has 2 aromatic rings. The van der Waals surface area contributed by atoms with Crippen LogP contribution >= 0.6 is 0 Å². The lowest BCUT2D eigenvalue weighted by atomic mass is 10.0. The van der Waals surface area contributed by atoms with Crippen LogP contribution in [0.1, 0.15) is 42.6 Å². The molecule has 4 rings (SSSR count). The van der Waals surface area contributed by atoms with Gasteiger partial charge in [-0.05, 0) is 77.2 Å². The maximum Gasteiger partial charge on any atom is 0.153 e. The molecule has 1 aliphatic carbocycles. The van der Waals surface area contributed by atoms with Crippen molar-refractivity contribution < 1.29 is 0 Å². The Bertz CT molecular complexity index is 696. The number of piperidine rings is 1. The molecule has 134 valence electrons. The van der Waals surface area contributed by atoms with Crippen LogP contribution in [0.3, 0.4) is 0 Å². The van der Waals surface area contributed by atoms with E-state index < -0.39 is 0 Å². The average molecular weight is 339 g/mol. The molecule has 2 fully saturated rings. The molecule has 1 saturated heterocycles. The molecule has 1 aliphatic heterocycles. The Morgan fingerprint density at radius 3 is 2.60 bits per heavy atom. The Labute approximate surface area is 150 Å². The fraction of sp³-hybridized carbons (Fsp3) is 0.600. The molecular weight excluding hydrogens is 310 g/mol. The highest BCUT2D eigenvalue weighted by Gasteiger charge is 2.25. The van der Waals surface area contributed by atoms with Crippen molar-refractivity contribution >= 4 is 0 Å². The van der Waals surface area contributed by atoms with Crippen LogP contribution in [0.5, 0.6) is 0 Å². The minimum atomic E-state index is 0.718. The highest BCUT2D eigenvalue weighted by Crippen LogP contribution is 2.28. The van der Waals surface area contributed by atoms with Gasteiger partial charge in [-0.15, -0.1) is 0 Å². The number of aryl methyl sites for hydroxylation is 1. The number of hydrogen-bond acceptors (Lipinski definition) is 4. The number of rotatable bonds is 6. The second kappa shape index (κ2) is 7.26. The number of hydrogen-bond donors (Lipinski definition) is 1. The van der Waals surface area contributed by atoms with Crippen molar-refractivity contribution in [3.8, 4) is 5.82 Å². The van der Waals surface area contributed by atoms with Gasteiger partial charge in [0.25, 0.3) is 0 Å². The first-order valence-electron chi connectivity index (χ1n) is 9.63. The summed E-state index contributed by atoms with van der Waals surface area (Å²) < 4.78 is 1.98. The summed E-state index contributed by atoms with van der Waals surface area (Å²) >= 11 is 0. The van der Waals surface area contributed by atoms with Crippen LogP contribution in [0.2, 0.25) is 0 Å². The lowest BCUT2D eigenvalue weighted by molar-refractivity contribution is 0.189. The highest BCUT2D eigenvalue weighted by molar-refractivity contribution is 5.32. The van der Waals surface area contributed by atoms with Gasteiger partial charge in [0.2, 0.25) is 0 Å². The Balaban J connectivity index is 1.37. The van der Waals surface area contributed by atoms with E-state index in [1.54, 1.807) is 0 Å². The van der Waals surface area contributed by atoms with Gasteiger partial charge in [0.05, 0.1) is 5.69 Å².